The van der Waals surface area contributed by atoms with Gasteiger partial charge in [0, 0.05) is 18.1 Å². The first kappa shape index (κ1) is 12.3. The van der Waals surface area contributed by atoms with Crippen molar-refractivity contribution < 1.29 is 5.11 Å². The lowest BCUT2D eigenvalue weighted by Gasteiger charge is -2.31. The molecule has 0 bridgehead atoms. The van der Waals surface area contributed by atoms with Crippen LogP contribution in [0.2, 0.25) is 0 Å². The second-order valence-corrected chi connectivity index (χ2v) is 5.62. The van der Waals surface area contributed by atoms with E-state index in [2.05, 4.69) is 17.1 Å². The van der Waals surface area contributed by atoms with Gasteiger partial charge < -0.3 is 15.3 Å². The van der Waals surface area contributed by atoms with Crippen molar-refractivity contribution in [1.82, 2.24) is 10.2 Å². The molecule has 16 heavy (non-hydrogen) atoms. The van der Waals surface area contributed by atoms with Crippen molar-refractivity contribution in [2.24, 2.45) is 5.92 Å². The van der Waals surface area contributed by atoms with Crippen molar-refractivity contribution in [2.45, 2.75) is 50.6 Å². The molecule has 3 nitrogen and oxygen atoms in total. The standard InChI is InChI=1S/C13H26N2O/c1-3-15(9-11-4-5-11)12-6-7-13(8-12,10-16)14-2/h11-12,14,16H,3-10H2,1-2H3. The average molecular weight is 226 g/mol. The van der Waals surface area contributed by atoms with Crippen molar-refractivity contribution in [3.8, 4) is 0 Å². The molecule has 0 aliphatic heterocycles. The summed E-state index contributed by atoms with van der Waals surface area (Å²) in [5.74, 6) is 0.971. The molecule has 0 aromatic rings. The third kappa shape index (κ3) is 2.58. The van der Waals surface area contributed by atoms with E-state index in [1.54, 1.807) is 0 Å². The summed E-state index contributed by atoms with van der Waals surface area (Å²) in [4.78, 5) is 2.63. The molecule has 94 valence electrons. The van der Waals surface area contributed by atoms with Crippen LogP contribution in [-0.2, 0) is 0 Å². The minimum absolute atomic E-state index is 0.00162. The Labute approximate surface area is 99.2 Å². The number of aliphatic hydroxyl groups excluding tert-OH is 1. The Balaban J connectivity index is 1.89. The maximum atomic E-state index is 9.50. The Morgan fingerprint density at radius 2 is 2.12 bits per heavy atom. The summed E-state index contributed by atoms with van der Waals surface area (Å²) < 4.78 is 0. The Hall–Kier alpha value is -0.120. The number of nitrogens with zero attached hydrogens (tertiary/aromatic N) is 1. The van der Waals surface area contributed by atoms with Gasteiger partial charge in [-0.05, 0) is 51.6 Å². The van der Waals surface area contributed by atoms with E-state index < -0.39 is 0 Å². The van der Waals surface area contributed by atoms with Crippen LogP contribution in [0, 0.1) is 5.92 Å². The molecule has 3 heteroatoms. The van der Waals surface area contributed by atoms with Crippen LogP contribution in [0.5, 0.6) is 0 Å². The normalized spacial score (nSPS) is 34.9. The fourth-order valence-corrected chi connectivity index (χ4v) is 3.03. The average Bonchev–Trinajstić information content (AvgIpc) is 3.04. The van der Waals surface area contributed by atoms with Gasteiger partial charge in [-0.25, -0.2) is 0 Å². The van der Waals surface area contributed by atoms with Gasteiger partial charge in [-0.15, -0.1) is 0 Å². The Kier molecular flexibility index (Phi) is 3.88. The van der Waals surface area contributed by atoms with E-state index in [1.165, 1.54) is 25.8 Å². The quantitative estimate of drug-likeness (QED) is 0.715. The van der Waals surface area contributed by atoms with Crippen LogP contribution < -0.4 is 5.32 Å². The van der Waals surface area contributed by atoms with Crippen LogP contribution in [-0.4, -0.2) is 48.3 Å². The highest BCUT2D eigenvalue weighted by molar-refractivity contribution is 4.99. The van der Waals surface area contributed by atoms with Crippen molar-refractivity contribution in [2.75, 3.05) is 26.7 Å². The topological polar surface area (TPSA) is 35.5 Å². The molecule has 0 aromatic heterocycles. The second-order valence-electron chi connectivity index (χ2n) is 5.62. The summed E-state index contributed by atoms with van der Waals surface area (Å²) in [6.45, 7) is 4.99. The van der Waals surface area contributed by atoms with E-state index in [-0.39, 0.29) is 12.1 Å². The molecular formula is C13H26N2O. The van der Waals surface area contributed by atoms with E-state index in [9.17, 15) is 5.11 Å². The zero-order valence-corrected chi connectivity index (χ0v) is 10.7. The number of rotatable bonds is 6. The van der Waals surface area contributed by atoms with Gasteiger partial charge in [0.2, 0.25) is 0 Å². The molecule has 0 radical (unpaired) electrons. The molecule has 2 rings (SSSR count). The van der Waals surface area contributed by atoms with Gasteiger partial charge in [-0.1, -0.05) is 6.92 Å². The summed E-state index contributed by atoms with van der Waals surface area (Å²) in [5, 5.41) is 12.8. The zero-order chi connectivity index (χ0) is 11.6. The van der Waals surface area contributed by atoms with Crippen molar-refractivity contribution in [3.63, 3.8) is 0 Å². The van der Waals surface area contributed by atoms with Gasteiger partial charge >= 0.3 is 0 Å². The summed E-state index contributed by atoms with van der Waals surface area (Å²) in [5.41, 5.74) is 0.00162. The highest BCUT2D eigenvalue weighted by atomic mass is 16.3. The number of likely N-dealkylation sites (N-methyl/N-ethyl adjacent to an activating group) is 1. The lowest BCUT2D eigenvalue weighted by molar-refractivity contribution is 0.148. The Morgan fingerprint density at radius 1 is 1.38 bits per heavy atom. The molecule has 2 aliphatic carbocycles. The number of aliphatic hydroxyl groups is 1. The predicted octanol–water partition coefficient (Wildman–Crippen LogP) is 1.22. The molecule has 2 aliphatic rings. The lowest BCUT2D eigenvalue weighted by Crippen LogP contribution is -2.46. The van der Waals surface area contributed by atoms with Crippen LogP contribution in [0.15, 0.2) is 0 Å². The minimum Gasteiger partial charge on any atom is -0.394 e. The smallest absolute Gasteiger partial charge is 0.0613 e. The van der Waals surface area contributed by atoms with E-state index in [1.807, 2.05) is 7.05 Å². The third-order valence-electron chi connectivity index (χ3n) is 4.53. The molecule has 0 heterocycles. The van der Waals surface area contributed by atoms with Gasteiger partial charge in [-0.3, -0.25) is 0 Å². The highest BCUT2D eigenvalue weighted by Gasteiger charge is 2.40. The molecule has 2 fully saturated rings. The molecular weight excluding hydrogens is 200 g/mol. The van der Waals surface area contributed by atoms with Crippen molar-refractivity contribution in [3.05, 3.63) is 0 Å². The largest absolute Gasteiger partial charge is 0.394 e. The first-order chi connectivity index (χ1) is 7.73. The lowest BCUT2D eigenvalue weighted by atomic mass is 9.99. The van der Waals surface area contributed by atoms with E-state index in [4.69, 9.17) is 0 Å². The van der Waals surface area contributed by atoms with Crippen LogP contribution in [0.1, 0.15) is 39.0 Å². The molecule has 0 aromatic carbocycles. The van der Waals surface area contributed by atoms with E-state index in [0.29, 0.717) is 6.04 Å². The Morgan fingerprint density at radius 3 is 2.56 bits per heavy atom. The van der Waals surface area contributed by atoms with Crippen LogP contribution in [0.4, 0.5) is 0 Å². The third-order valence-corrected chi connectivity index (χ3v) is 4.53. The van der Waals surface area contributed by atoms with Crippen LogP contribution in [0.25, 0.3) is 0 Å². The van der Waals surface area contributed by atoms with Gasteiger partial charge in [0.15, 0.2) is 0 Å². The van der Waals surface area contributed by atoms with Gasteiger partial charge in [0.05, 0.1) is 6.61 Å². The van der Waals surface area contributed by atoms with Crippen LogP contribution >= 0.6 is 0 Å². The Bertz CT molecular complexity index is 224. The molecule has 0 saturated heterocycles. The first-order valence-corrected chi connectivity index (χ1v) is 6.77. The molecule has 2 atom stereocenters. The zero-order valence-electron chi connectivity index (χ0n) is 10.7. The van der Waals surface area contributed by atoms with Gasteiger partial charge in [0.1, 0.15) is 0 Å². The molecule has 2 saturated carbocycles. The van der Waals surface area contributed by atoms with E-state index >= 15 is 0 Å². The fourth-order valence-electron chi connectivity index (χ4n) is 3.03. The fraction of sp³-hybridized carbons (Fsp3) is 1.00. The SMILES string of the molecule is CCN(CC1CC1)C1CCC(CO)(NC)C1. The maximum absolute atomic E-state index is 9.50. The van der Waals surface area contributed by atoms with E-state index in [0.717, 1.165) is 25.3 Å². The van der Waals surface area contributed by atoms with Crippen LogP contribution in [0.3, 0.4) is 0 Å². The molecule has 2 unspecified atom stereocenters. The number of hydrogen-bond acceptors (Lipinski definition) is 3. The maximum Gasteiger partial charge on any atom is 0.0613 e. The molecule has 0 spiro atoms. The molecule has 0 amide bonds. The summed E-state index contributed by atoms with van der Waals surface area (Å²) >= 11 is 0. The monoisotopic (exact) mass is 226 g/mol. The van der Waals surface area contributed by atoms with Crippen molar-refractivity contribution >= 4 is 0 Å². The number of hydrogen-bond donors (Lipinski definition) is 2. The number of nitrogens with one attached hydrogen (secondary N) is 1. The summed E-state index contributed by atoms with van der Waals surface area (Å²) in [7, 11) is 1.98. The first-order valence-electron chi connectivity index (χ1n) is 6.77. The van der Waals surface area contributed by atoms with Crippen molar-refractivity contribution in [1.29, 1.82) is 0 Å². The highest BCUT2D eigenvalue weighted by Crippen LogP contribution is 2.36. The minimum atomic E-state index is 0.00162. The van der Waals surface area contributed by atoms with Gasteiger partial charge in [0.25, 0.3) is 0 Å². The van der Waals surface area contributed by atoms with Gasteiger partial charge in [-0.2, -0.15) is 0 Å². The molecule has 2 N–H and O–H groups in total. The predicted molar refractivity (Wildman–Crippen MR) is 66.5 cm³/mol. The summed E-state index contributed by atoms with van der Waals surface area (Å²) in [6.07, 6.45) is 6.33. The second kappa shape index (κ2) is 5.03. The summed E-state index contributed by atoms with van der Waals surface area (Å²) in [6, 6.07) is 0.685.